The van der Waals surface area contributed by atoms with E-state index >= 15 is 0 Å². The van der Waals surface area contributed by atoms with Crippen LogP contribution >= 0.6 is 0 Å². The van der Waals surface area contributed by atoms with Crippen molar-refractivity contribution in [3.63, 3.8) is 0 Å². The Labute approximate surface area is 155 Å². The molecule has 1 unspecified atom stereocenters. The van der Waals surface area contributed by atoms with Crippen molar-refractivity contribution in [2.45, 2.75) is 26.3 Å². The second-order valence-electron chi connectivity index (χ2n) is 7.41. The van der Waals surface area contributed by atoms with E-state index in [1.807, 2.05) is 32.9 Å². The van der Waals surface area contributed by atoms with Gasteiger partial charge in [-0.1, -0.05) is 39.0 Å². The summed E-state index contributed by atoms with van der Waals surface area (Å²) in [4.78, 5) is 27.8. The van der Waals surface area contributed by atoms with Gasteiger partial charge >= 0.3 is 11.7 Å². The number of fused-ring (bicyclic) bond motifs is 1. The first-order valence-corrected chi connectivity index (χ1v) is 8.39. The number of aliphatic carboxylic acids is 1. The molecule has 7 nitrogen and oxygen atoms in total. The lowest BCUT2D eigenvalue weighted by molar-refractivity contribution is -0.385. The Morgan fingerprint density at radius 2 is 1.89 bits per heavy atom. The maximum Gasteiger partial charge on any atom is 0.340 e. The van der Waals surface area contributed by atoms with Gasteiger partial charge in [0.15, 0.2) is 5.75 Å². The van der Waals surface area contributed by atoms with Crippen LogP contribution in [0.1, 0.15) is 26.3 Å². The molecule has 27 heavy (non-hydrogen) atoms. The molecule has 140 valence electrons. The number of carboxylic acids is 1. The van der Waals surface area contributed by atoms with Crippen LogP contribution in [0.4, 0.5) is 5.69 Å². The summed E-state index contributed by atoms with van der Waals surface area (Å²) in [6.45, 7) is 5.79. The van der Waals surface area contributed by atoms with Gasteiger partial charge in [0.25, 0.3) is 0 Å². The zero-order valence-electron chi connectivity index (χ0n) is 15.5. The standard InChI is InChI=1S/C20H20N2O5/c1-19(2,3)17-13-7-5-6-8-14(13)21-20(17,18(23)24)12-9-10-15(22(25)26)16(11-12)27-4/h5-11H,1-4H3,(H,23,24). The fourth-order valence-corrected chi connectivity index (χ4v) is 3.70. The van der Waals surface area contributed by atoms with Crippen LogP contribution in [-0.2, 0) is 10.3 Å². The molecule has 0 saturated heterocycles. The van der Waals surface area contributed by atoms with E-state index < -0.39 is 21.8 Å². The zero-order valence-corrected chi connectivity index (χ0v) is 15.5. The average Bonchev–Trinajstić information content (AvgIpc) is 2.97. The monoisotopic (exact) mass is 368 g/mol. The molecule has 0 aliphatic carbocycles. The summed E-state index contributed by atoms with van der Waals surface area (Å²) < 4.78 is 5.14. The fraction of sp³-hybridized carbons (Fsp3) is 0.300. The number of methoxy groups -OCH3 is 1. The number of rotatable bonds is 4. The van der Waals surface area contributed by atoms with Gasteiger partial charge in [-0.3, -0.25) is 15.1 Å². The molecule has 0 bridgehead atoms. The van der Waals surface area contributed by atoms with Crippen LogP contribution in [0.5, 0.6) is 5.75 Å². The van der Waals surface area contributed by atoms with E-state index in [1.54, 1.807) is 12.1 Å². The van der Waals surface area contributed by atoms with Crippen molar-refractivity contribution in [2.75, 3.05) is 7.11 Å². The maximum atomic E-state index is 12.6. The largest absolute Gasteiger partial charge is 0.490 e. The molecule has 1 heterocycles. The van der Waals surface area contributed by atoms with Gasteiger partial charge in [-0.25, -0.2) is 4.79 Å². The highest BCUT2D eigenvalue weighted by Gasteiger charge is 2.51. The highest BCUT2D eigenvalue weighted by Crippen LogP contribution is 2.46. The number of nitro groups is 1. The molecular formula is C20H20N2O5. The lowest BCUT2D eigenvalue weighted by atomic mass is 9.71. The van der Waals surface area contributed by atoms with Gasteiger partial charge in [0.1, 0.15) is 0 Å². The topological polar surface area (TPSA) is 102 Å². The van der Waals surface area contributed by atoms with Gasteiger partial charge in [0.2, 0.25) is 5.54 Å². The van der Waals surface area contributed by atoms with Gasteiger partial charge in [-0.05, 0) is 34.8 Å². The van der Waals surface area contributed by atoms with Crippen molar-refractivity contribution < 1.29 is 19.6 Å². The van der Waals surface area contributed by atoms with Gasteiger partial charge in [-0.15, -0.1) is 0 Å². The van der Waals surface area contributed by atoms with E-state index in [-0.39, 0.29) is 11.4 Å². The van der Waals surface area contributed by atoms with Crippen LogP contribution in [0.25, 0.3) is 5.57 Å². The van der Waals surface area contributed by atoms with Crippen LogP contribution in [0.2, 0.25) is 0 Å². The molecule has 0 amide bonds. The Morgan fingerprint density at radius 1 is 1.22 bits per heavy atom. The van der Waals surface area contributed by atoms with E-state index in [1.165, 1.54) is 25.3 Å². The number of hydrogen-bond donors (Lipinski definition) is 1. The summed E-state index contributed by atoms with van der Waals surface area (Å²) in [7, 11) is 1.31. The number of hydrogen-bond acceptors (Lipinski definition) is 5. The first kappa shape index (κ1) is 18.6. The van der Waals surface area contributed by atoms with Crippen molar-refractivity contribution in [3.8, 4) is 5.75 Å². The van der Waals surface area contributed by atoms with E-state index in [0.717, 1.165) is 5.22 Å². The zero-order chi connectivity index (χ0) is 20.0. The van der Waals surface area contributed by atoms with Crippen LogP contribution in [-0.4, -0.2) is 23.1 Å². The van der Waals surface area contributed by atoms with Gasteiger partial charge < -0.3 is 9.84 Å². The van der Waals surface area contributed by atoms with Crippen molar-refractivity contribution in [1.29, 1.82) is 0 Å². The third kappa shape index (κ3) is 2.75. The number of nitro benzene ring substituents is 1. The molecular weight excluding hydrogens is 348 g/mol. The normalized spacial score (nSPS) is 18.6. The smallest absolute Gasteiger partial charge is 0.340 e. The summed E-state index contributed by atoms with van der Waals surface area (Å²) in [5, 5.41) is 22.8. The quantitative estimate of drug-likeness (QED) is 0.659. The number of carbonyl (C=O) groups is 1. The summed E-state index contributed by atoms with van der Waals surface area (Å²) in [6, 6.07) is 11.4. The number of ether oxygens (including phenoxy) is 1. The SMILES string of the molecule is COc1cc(C2(C(=O)O)N=c3ccccc3=C2C(C)(C)C)ccc1[N+](=O)[O-]. The van der Waals surface area contributed by atoms with E-state index in [0.29, 0.717) is 16.5 Å². The van der Waals surface area contributed by atoms with Crippen LogP contribution in [0.3, 0.4) is 0 Å². The molecule has 3 rings (SSSR count). The first-order valence-electron chi connectivity index (χ1n) is 8.39. The molecule has 0 radical (unpaired) electrons. The Bertz CT molecular complexity index is 1070. The van der Waals surface area contributed by atoms with Crippen LogP contribution < -0.4 is 15.3 Å². The molecule has 2 aromatic rings. The average molecular weight is 368 g/mol. The van der Waals surface area contributed by atoms with Crippen LogP contribution in [0.15, 0.2) is 47.5 Å². The highest BCUT2D eigenvalue weighted by molar-refractivity contribution is 5.95. The summed E-state index contributed by atoms with van der Waals surface area (Å²) in [6.07, 6.45) is 0. The Kier molecular flexibility index (Phi) is 4.26. The van der Waals surface area contributed by atoms with Crippen LogP contribution in [0, 0.1) is 15.5 Å². The molecule has 1 N–H and O–H groups in total. The van der Waals surface area contributed by atoms with E-state index in [2.05, 4.69) is 4.99 Å². The summed E-state index contributed by atoms with van der Waals surface area (Å²) >= 11 is 0. The maximum absolute atomic E-state index is 12.6. The molecule has 1 aliphatic rings. The molecule has 0 aromatic heterocycles. The van der Waals surface area contributed by atoms with Crippen molar-refractivity contribution in [1.82, 2.24) is 0 Å². The number of nitrogens with zero attached hydrogens (tertiary/aromatic N) is 2. The second kappa shape index (κ2) is 6.19. The Balaban J connectivity index is 2.42. The number of benzene rings is 2. The van der Waals surface area contributed by atoms with Gasteiger partial charge in [0, 0.05) is 11.3 Å². The van der Waals surface area contributed by atoms with Crippen molar-refractivity contribution >= 4 is 17.2 Å². The molecule has 0 saturated carbocycles. The molecule has 0 fully saturated rings. The summed E-state index contributed by atoms with van der Waals surface area (Å²) in [5.74, 6) is -1.14. The molecule has 0 spiro atoms. The number of carboxylic acid groups (broad SMARTS) is 1. The second-order valence-corrected chi connectivity index (χ2v) is 7.41. The highest BCUT2D eigenvalue weighted by atomic mass is 16.6. The lowest BCUT2D eigenvalue weighted by Crippen LogP contribution is -2.40. The molecule has 2 aromatic carbocycles. The third-order valence-electron chi connectivity index (χ3n) is 4.68. The first-order chi connectivity index (χ1) is 12.6. The number of para-hydroxylation sites is 1. The third-order valence-corrected chi connectivity index (χ3v) is 4.68. The van der Waals surface area contributed by atoms with Gasteiger partial charge in [-0.2, -0.15) is 0 Å². The summed E-state index contributed by atoms with van der Waals surface area (Å²) in [5.41, 5.74) is -1.46. The minimum Gasteiger partial charge on any atom is -0.490 e. The fourth-order valence-electron chi connectivity index (χ4n) is 3.70. The van der Waals surface area contributed by atoms with E-state index in [4.69, 9.17) is 4.74 Å². The predicted molar refractivity (Wildman–Crippen MR) is 99.0 cm³/mol. The van der Waals surface area contributed by atoms with E-state index in [9.17, 15) is 20.0 Å². The lowest BCUT2D eigenvalue weighted by Gasteiger charge is -2.34. The Hall–Kier alpha value is -3.22. The minimum absolute atomic E-state index is 0.00228. The van der Waals surface area contributed by atoms with Gasteiger partial charge in [0.05, 0.1) is 17.4 Å². The minimum atomic E-state index is -1.68. The van der Waals surface area contributed by atoms with Crippen molar-refractivity contribution in [2.24, 2.45) is 10.4 Å². The Morgan fingerprint density at radius 3 is 2.44 bits per heavy atom. The molecule has 7 heteroatoms. The van der Waals surface area contributed by atoms with Crippen molar-refractivity contribution in [3.05, 3.63) is 68.7 Å². The molecule has 1 aliphatic heterocycles. The predicted octanol–water partition coefficient (Wildman–Crippen LogP) is 2.41. The molecule has 1 atom stereocenters.